The van der Waals surface area contributed by atoms with Crippen LogP contribution in [0.4, 0.5) is 10.5 Å². The van der Waals surface area contributed by atoms with Gasteiger partial charge >= 0.3 is 6.03 Å². The number of ether oxygens (including phenoxy) is 1. The second-order valence-electron chi connectivity index (χ2n) is 8.08. The predicted octanol–water partition coefficient (Wildman–Crippen LogP) is 3.19. The lowest BCUT2D eigenvalue weighted by Crippen LogP contribution is -2.57. The first-order valence-corrected chi connectivity index (χ1v) is 10.9. The molecule has 30 heavy (non-hydrogen) atoms. The molecule has 0 aliphatic carbocycles. The summed E-state index contributed by atoms with van der Waals surface area (Å²) in [5.74, 6) is 0.935. The summed E-state index contributed by atoms with van der Waals surface area (Å²) in [5.41, 5.74) is 2.30. The van der Waals surface area contributed by atoms with Crippen LogP contribution in [0.3, 0.4) is 0 Å². The quantitative estimate of drug-likeness (QED) is 0.826. The van der Waals surface area contributed by atoms with Crippen LogP contribution in [0, 0.1) is 0 Å². The third-order valence-corrected chi connectivity index (χ3v) is 6.23. The van der Waals surface area contributed by atoms with Gasteiger partial charge in [0.25, 0.3) is 0 Å². The van der Waals surface area contributed by atoms with E-state index in [9.17, 15) is 4.79 Å². The number of urea groups is 1. The Balaban J connectivity index is 1.28. The number of anilines is 1. The number of benzene rings is 2. The summed E-state index contributed by atoms with van der Waals surface area (Å²) >= 11 is 0. The number of piperidine rings is 1. The van der Waals surface area contributed by atoms with Crippen LogP contribution < -0.4 is 15.0 Å². The van der Waals surface area contributed by atoms with E-state index in [0.717, 1.165) is 63.4 Å². The third-order valence-electron chi connectivity index (χ3n) is 6.23. The van der Waals surface area contributed by atoms with Gasteiger partial charge in [0.2, 0.25) is 0 Å². The fourth-order valence-corrected chi connectivity index (χ4v) is 4.54. The molecule has 4 rings (SSSR count). The molecule has 2 aliphatic heterocycles. The number of carbonyl (C=O) groups is 1. The van der Waals surface area contributed by atoms with Gasteiger partial charge in [-0.05, 0) is 30.5 Å². The van der Waals surface area contributed by atoms with E-state index in [1.807, 2.05) is 47.4 Å². The molecule has 0 radical (unpaired) electrons. The minimum atomic E-state index is 0.0520. The molecular weight excluding hydrogens is 376 g/mol. The molecule has 6 nitrogen and oxygen atoms in total. The van der Waals surface area contributed by atoms with Crippen LogP contribution in [0.25, 0.3) is 0 Å². The van der Waals surface area contributed by atoms with Crippen molar-refractivity contribution in [2.24, 2.45) is 0 Å². The Hall–Kier alpha value is -2.73. The van der Waals surface area contributed by atoms with Crippen LogP contribution in [0.5, 0.6) is 5.75 Å². The minimum absolute atomic E-state index is 0.0520. The van der Waals surface area contributed by atoms with E-state index in [1.54, 1.807) is 7.11 Å². The Morgan fingerprint density at radius 3 is 2.50 bits per heavy atom. The van der Waals surface area contributed by atoms with Gasteiger partial charge < -0.3 is 19.9 Å². The maximum atomic E-state index is 12.7. The monoisotopic (exact) mass is 408 g/mol. The van der Waals surface area contributed by atoms with Crippen molar-refractivity contribution in [3.63, 3.8) is 0 Å². The van der Waals surface area contributed by atoms with Crippen molar-refractivity contribution in [1.29, 1.82) is 0 Å². The van der Waals surface area contributed by atoms with Crippen molar-refractivity contribution in [2.45, 2.75) is 25.4 Å². The molecule has 0 aromatic heterocycles. The number of rotatable bonds is 5. The lowest BCUT2D eigenvalue weighted by Gasteiger charge is -2.44. The number of hydrogen-bond acceptors (Lipinski definition) is 4. The van der Waals surface area contributed by atoms with Crippen molar-refractivity contribution in [3.05, 3.63) is 60.2 Å². The molecule has 2 aromatic rings. The maximum Gasteiger partial charge on any atom is 0.317 e. The second kappa shape index (κ2) is 9.85. The van der Waals surface area contributed by atoms with E-state index < -0.39 is 0 Å². The van der Waals surface area contributed by atoms with Crippen molar-refractivity contribution in [3.8, 4) is 5.75 Å². The van der Waals surface area contributed by atoms with Gasteiger partial charge in [-0.1, -0.05) is 42.5 Å². The fourth-order valence-electron chi connectivity index (χ4n) is 4.54. The van der Waals surface area contributed by atoms with Gasteiger partial charge in [0, 0.05) is 51.9 Å². The summed E-state index contributed by atoms with van der Waals surface area (Å²) in [6, 6.07) is 18.8. The SMILES string of the molecule is COc1ccccc1N1CCN([C@H]2CCCN(C(=O)NCc3ccccc3)C2)CC1. The smallest absolute Gasteiger partial charge is 0.317 e. The summed E-state index contributed by atoms with van der Waals surface area (Å²) in [7, 11) is 1.73. The fraction of sp³-hybridized carbons (Fsp3) is 0.458. The van der Waals surface area contributed by atoms with Crippen molar-refractivity contribution in [2.75, 3.05) is 51.3 Å². The zero-order valence-corrected chi connectivity index (χ0v) is 17.8. The van der Waals surface area contributed by atoms with Crippen LogP contribution in [0.15, 0.2) is 54.6 Å². The lowest BCUT2D eigenvalue weighted by atomic mass is 10.0. The van der Waals surface area contributed by atoms with E-state index in [4.69, 9.17) is 4.74 Å². The molecule has 2 saturated heterocycles. The molecule has 0 saturated carbocycles. The summed E-state index contributed by atoms with van der Waals surface area (Å²) in [6.07, 6.45) is 2.23. The minimum Gasteiger partial charge on any atom is -0.495 e. The van der Waals surface area contributed by atoms with Gasteiger partial charge in [-0.2, -0.15) is 0 Å². The molecule has 160 valence electrons. The number of nitrogens with zero attached hydrogens (tertiary/aromatic N) is 3. The standard InChI is InChI=1S/C24H32N4O2/c1-30-23-12-6-5-11-22(23)27-16-14-26(15-17-27)21-10-7-13-28(19-21)24(29)25-18-20-8-3-2-4-9-20/h2-6,8-9,11-12,21H,7,10,13-19H2,1H3,(H,25,29)/t21-/m0/s1. The molecule has 0 spiro atoms. The highest BCUT2D eigenvalue weighted by Gasteiger charge is 2.30. The summed E-state index contributed by atoms with van der Waals surface area (Å²) in [6.45, 7) is 6.24. The number of amides is 2. The molecule has 0 bridgehead atoms. The van der Waals surface area contributed by atoms with Gasteiger partial charge in [-0.25, -0.2) is 4.79 Å². The molecule has 2 aliphatic rings. The normalized spacial score (nSPS) is 20.1. The number of carbonyl (C=O) groups excluding carboxylic acids is 1. The number of nitrogens with one attached hydrogen (secondary N) is 1. The highest BCUT2D eigenvalue weighted by Crippen LogP contribution is 2.29. The van der Waals surface area contributed by atoms with Gasteiger partial charge in [0.1, 0.15) is 5.75 Å². The zero-order chi connectivity index (χ0) is 20.8. The van der Waals surface area contributed by atoms with E-state index in [0.29, 0.717) is 12.6 Å². The first-order valence-electron chi connectivity index (χ1n) is 10.9. The van der Waals surface area contributed by atoms with E-state index in [-0.39, 0.29) is 6.03 Å². The predicted molar refractivity (Wildman–Crippen MR) is 120 cm³/mol. The largest absolute Gasteiger partial charge is 0.495 e. The maximum absolute atomic E-state index is 12.7. The Kier molecular flexibility index (Phi) is 6.74. The van der Waals surface area contributed by atoms with Crippen LogP contribution in [0.1, 0.15) is 18.4 Å². The summed E-state index contributed by atoms with van der Waals surface area (Å²) < 4.78 is 5.53. The van der Waals surface area contributed by atoms with E-state index in [1.165, 1.54) is 5.69 Å². The van der Waals surface area contributed by atoms with Gasteiger partial charge in [-0.3, -0.25) is 4.90 Å². The average molecular weight is 409 g/mol. The Labute approximate surface area is 179 Å². The first-order chi connectivity index (χ1) is 14.7. The van der Waals surface area contributed by atoms with Crippen LogP contribution >= 0.6 is 0 Å². The molecule has 1 atom stereocenters. The molecule has 0 unspecified atom stereocenters. The molecule has 2 aromatic carbocycles. The first kappa shape index (κ1) is 20.5. The Bertz CT molecular complexity index is 821. The topological polar surface area (TPSA) is 48.1 Å². The molecule has 2 heterocycles. The van der Waals surface area contributed by atoms with Crippen LogP contribution in [-0.2, 0) is 6.54 Å². The van der Waals surface area contributed by atoms with Gasteiger partial charge in [-0.15, -0.1) is 0 Å². The highest BCUT2D eigenvalue weighted by molar-refractivity contribution is 5.74. The molecule has 2 fully saturated rings. The van der Waals surface area contributed by atoms with Gasteiger partial charge in [0.15, 0.2) is 0 Å². The number of piperazine rings is 1. The number of para-hydroxylation sites is 2. The van der Waals surface area contributed by atoms with Gasteiger partial charge in [0.05, 0.1) is 12.8 Å². The van der Waals surface area contributed by atoms with E-state index >= 15 is 0 Å². The van der Waals surface area contributed by atoms with Crippen molar-refractivity contribution >= 4 is 11.7 Å². The second-order valence-corrected chi connectivity index (χ2v) is 8.08. The molecule has 6 heteroatoms. The highest BCUT2D eigenvalue weighted by atomic mass is 16.5. The Morgan fingerprint density at radius 2 is 1.73 bits per heavy atom. The Morgan fingerprint density at radius 1 is 1.00 bits per heavy atom. The number of hydrogen-bond donors (Lipinski definition) is 1. The molecular formula is C24H32N4O2. The third kappa shape index (κ3) is 4.87. The number of likely N-dealkylation sites (tertiary alicyclic amines) is 1. The summed E-state index contributed by atoms with van der Waals surface area (Å²) in [4.78, 5) is 19.6. The lowest BCUT2D eigenvalue weighted by molar-refractivity contribution is 0.104. The van der Waals surface area contributed by atoms with Crippen LogP contribution in [-0.4, -0.2) is 68.3 Å². The van der Waals surface area contributed by atoms with Crippen molar-refractivity contribution in [1.82, 2.24) is 15.1 Å². The summed E-state index contributed by atoms with van der Waals surface area (Å²) in [5, 5.41) is 3.08. The molecule has 1 N–H and O–H groups in total. The van der Waals surface area contributed by atoms with Crippen LogP contribution in [0.2, 0.25) is 0 Å². The average Bonchev–Trinajstić information content (AvgIpc) is 2.83. The number of methoxy groups -OCH3 is 1. The molecule has 2 amide bonds. The van der Waals surface area contributed by atoms with Crippen molar-refractivity contribution < 1.29 is 9.53 Å². The van der Waals surface area contributed by atoms with E-state index in [2.05, 4.69) is 27.2 Å². The zero-order valence-electron chi connectivity index (χ0n) is 17.8.